The number of hydrogen-bond donors (Lipinski definition) is 3. The van der Waals surface area contributed by atoms with E-state index in [1.807, 2.05) is 31.2 Å². The number of ether oxygens (including phenoxy) is 2. The number of nitrogens with two attached hydrogens (primary N) is 1. The third-order valence-corrected chi connectivity index (χ3v) is 4.76. The molecule has 0 spiro atoms. The van der Waals surface area contributed by atoms with Crippen LogP contribution in [0.25, 0.3) is 11.3 Å². The molecule has 9 heteroatoms. The molecule has 148 valence electrons. The van der Waals surface area contributed by atoms with E-state index in [-0.39, 0.29) is 24.7 Å². The third kappa shape index (κ3) is 4.92. The van der Waals surface area contributed by atoms with E-state index in [0.29, 0.717) is 12.0 Å². The molecule has 1 aliphatic rings. The number of nitrogens with zero attached hydrogens (tertiary/aromatic N) is 2. The molecule has 1 fully saturated rings. The summed E-state index contributed by atoms with van der Waals surface area (Å²) < 4.78 is 10.1. The van der Waals surface area contributed by atoms with Crippen LogP contribution in [0.5, 0.6) is 0 Å². The fourth-order valence-electron chi connectivity index (χ4n) is 3.25. The Morgan fingerprint density at radius 2 is 2.21 bits per heavy atom. The summed E-state index contributed by atoms with van der Waals surface area (Å²) in [6, 6.07) is 7.16. The zero-order chi connectivity index (χ0) is 20.1. The van der Waals surface area contributed by atoms with Crippen molar-refractivity contribution in [3.8, 4) is 11.3 Å². The Kier molecular flexibility index (Phi) is 6.72. The molecule has 1 saturated heterocycles. The minimum atomic E-state index is -0.797. The maximum absolute atomic E-state index is 12.7. The predicted octanol–water partition coefficient (Wildman–Crippen LogP) is 1.01. The molecule has 2 radical (unpaired) electrons. The number of methoxy groups -OCH3 is 1. The average molecular weight is 383 g/mol. The van der Waals surface area contributed by atoms with Gasteiger partial charge in [0.25, 0.3) is 0 Å². The van der Waals surface area contributed by atoms with Gasteiger partial charge in [0.2, 0.25) is 6.41 Å². The first-order valence-electron chi connectivity index (χ1n) is 9.36. The summed E-state index contributed by atoms with van der Waals surface area (Å²) in [6.07, 6.45) is 2.78. The van der Waals surface area contributed by atoms with Crippen molar-refractivity contribution >= 4 is 19.3 Å². The molecule has 1 aromatic carbocycles. The van der Waals surface area contributed by atoms with E-state index in [1.54, 1.807) is 11.1 Å². The number of amides is 2. The lowest BCUT2D eigenvalue weighted by molar-refractivity contribution is -0.122. The van der Waals surface area contributed by atoms with E-state index in [1.165, 1.54) is 7.11 Å². The van der Waals surface area contributed by atoms with Gasteiger partial charge in [-0.25, -0.2) is 9.78 Å². The van der Waals surface area contributed by atoms with Crippen LogP contribution in [0.4, 0.5) is 4.79 Å². The Hall–Kier alpha value is -2.36. The zero-order valence-electron chi connectivity index (χ0n) is 16.2. The second-order valence-corrected chi connectivity index (χ2v) is 6.94. The lowest BCUT2D eigenvalue weighted by Gasteiger charge is -2.26. The largest absolute Gasteiger partial charge is 0.343 e. The Labute approximate surface area is 166 Å². The monoisotopic (exact) mass is 383 g/mol. The number of rotatable bonds is 7. The molecule has 2 heterocycles. The van der Waals surface area contributed by atoms with Gasteiger partial charge in [-0.05, 0) is 25.3 Å². The number of imidazole rings is 1. The van der Waals surface area contributed by atoms with Gasteiger partial charge in [-0.3, -0.25) is 5.73 Å². The Morgan fingerprint density at radius 3 is 2.93 bits per heavy atom. The molecule has 0 aliphatic carbocycles. The highest BCUT2D eigenvalue weighted by atomic mass is 16.7. The summed E-state index contributed by atoms with van der Waals surface area (Å²) in [5, 5.41) is 2.94. The van der Waals surface area contributed by atoms with Crippen LogP contribution >= 0.6 is 0 Å². The molecule has 4 N–H and O–H groups in total. The first kappa shape index (κ1) is 20.4. The van der Waals surface area contributed by atoms with Gasteiger partial charge < -0.3 is 24.7 Å². The zero-order valence-corrected chi connectivity index (χ0v) is 16.2. The minimum absolute atomic E-state index is 0.0862. The number of H-pyrrole nitrogens is 1. The van der Waals surface area contributed by atoms with Crippen LogP contribution in [-0.2, 0) is 9.47 Å². The number of urea groups is 1. The van der Waals surface area contributed by atoms with Gasteiger partial charge in [0.15, 0.2) is 0 Å². The summed E-state index contributed by atoms with van der Waals surface area (Å²) in [4.78, 5) is 22.4. The maximum Gasteiger partial charge on any atom is 0.318 e. The number of likely N-dealkylation sites (tertiary alicyclic amines) is 1. The number of carbonyl (C=O) groups is 1. The van der Waals surface area contributed by atoms with Gasteiger partial charge in [-0.15, -0.1) is 0 Å². The van der Waals surface area contributed by atoms with Crippen molar-refractivity contribution < 1.29 is 14.3 Å². The molecule has 8 nitrogen and oxygen atoms in total. The number of benzene rings is 1. The molecular weight excluding hydrogens is 357 g/mol. The van der Waals surface area contributed by atoms with Gasteiger partial charge in [-0.2, -0.15) is 0 Å². The standard InChI is InChI=1S/C19H26BN5O3/c1-12(11-28-18(21)27-2)23-19(26)25-9-3-4-16(25)17-22-10-15(24-17)13-5-7-14(20)8-6-13/h5-8,10,12,16,18H,3-4,9,11,21H2,1-2H3,(H,22,24)(H,23,26)/t12?,16-,18?/m0/s1. The van der Waals surface area contributed by atoms with E-state index in [9.17, 15) is 4.79 Å². The molecule has 0 bridgehead atoms. The summed E-state index contributed by atoms with van der Waals surface area (Å²) >= 11 is 0. The van der Waals surface area contributed by atoms with Gasteiger partial charge in [0, 0.05) is 13.7 Å². The van der Waals surface area contributed by atoms with Gasteiger partial charge in [0.1, 0.15) is 13.7 Å². The summed E-state index contributed by atoms with van der Waals surface area (Å²) in [7, 11) is 7.21. The Balaban J connectivity index is 1.63. The van der Waals surface area contributed by atoms with Crippen molar-refractivity contribution in [1.82, 2.24) is 20.2 Å². The predicted molar refractivity (Wildman–Crippen MR) is 107 cm³/mol. The van der Waals surface area contributed by atoms with Crippen molar-refractivity contribution in [2.45, 2.75) is 38.3 Å². The molecule has 0 saturated carbocycles. The molecule has 2 unspecified atom stereocenters. The van der Waals surface area contributed by atoms with E-state index in [0.717, 1.165) is 29.9 Å². The molecule has 2 amide bonds. The normalized spacial score (nSPS) is 18.8. The quantitative estimate of drug-likeness (QED) is 0.489. The minimum Gasteiger partial charge on any atom is -0.343 e. The lowest BCUT2D eigenvalue weighted by atomic mass is 9.95. The highest BCUT2D eigenvalue weighted by Crippen LogP contribution is 2.31. The molecule has 3 rings (SSSR count). The van der Waals surface area contributed by atoms with Crippen LogP contribution in [0.15, 0.2) is 30.5 Å². The topological polar surface area (TPSA) is 106 Å². The smallest absolute Gasteiger partial charge is 0.318 e. The maximum atomic E-state index is 12.7. The first-order valence-corrected chi connectivity index (χ1v) is 9.36. The van der Waals surface area contributed by atoms with Crippen molar-refractivity contribution in [3.63, 3.8) is 0 Å². The number of carbonyl (C=O) groups excluding carboxylic acids is 1. The second-order valence-electron chi connectivity index (χ2n) is 6.94. The first-order chi connectivity index (χ1) is 13.5. The van der Waals surface area contributed by atoms with Crippen LogP contribution in [0, 0.1) is 0 Å². The van der Waals surface area contributed by atoms with E-state index < -0.39 is 6.41 Å². The molecular formula is C19H26BN5O3. The molecule has 28 heavy (non-hydrogen) atoms. The number of nitrogens with one attached hydrogen (secondary N) is 2. The van der Waals surface area contributed by atoms with Gasteiger partial charge >= 0.3 is 6.03 Å². The highest BCUT2D eigenvalue weighted by molar-refractivity contribution is 6.32. The van der Waals surface area contributed by atoms with E-state index in [4.69, 9.17) is 23.1 Å². The average Bonchev–Trinajstić information content (AvgIpc) is 3.35. The van der Waals surface area contributed by atoms with Crippen LogP contribution in [0.3, 0.4) is 0 Å². The summed E-state index contributed by atoms with van der Waals surface area (Å²) in [6.45, 7) is 2.80. The van der Waals surface area contributed by atoms with Crippen molar-refractivity contribution in [2.24, 2.45) is 5.73 Å². The fourth-order valence-corrected chi connectivity index (χ4v) is 3.25. The number of aromatic amines is 1. The summed E-state index contributed by atoms with van der Waals surface area (Å²) in [5.41, 5.74) is 8.16. The van der Waals surface area contributed by atoms with Crippen LogP contribution in [-0.4, -0.2) is 61.5 Å². The van der Waals surface area contributed by atoms with Crippen molar-refractivity contribution in [1.29, 1.82) is 0 Å². The number of hydrogen-bond acceptors (Lipinski definition) is 5. The van der Waals surface area contributed by atoms with Gasteiger partial charge in [0.05, 0.1) is 30.6 Å². The SMILES string of the molecule is [B]c1ccc(-c2cnc([C@@H]3CCCN3C(=O)NC(C)COC(N)OC)[nH]2)cc1. The summed E-state index contributed by atoms with van der Waals surface area (Å²) in [5.74, 6) is 0.782. The van der Waals surface area contributed by atoms with Crippen LogP contribution in [0.2, 0.25) is 0 Å². The van der Waals surface area contributed by atoms with Crippen molar-refractivity contribution in [3.05, 3.63) is 36.3 Å². The Bertz CT molecular complexity index is 782. The third-order valence-electron chi connectivity index (χ3n) is 4.76. The second kappa shape index (κ2) is 9.23. The lowest BCUT2D eigenvalue weighted by Crippen LogP contribution is -2.46. The van der Waals surface area contributed by atoms with Crippen LogP contribution in [0.1, 0.15) is 31.6 Å². The van der Waals surface area contributed by atoms with E-state index >= 15 is 0 Å². The van der Waals surface area contributed by atoms with E-state index in [2.05, 4.69) is 15.3 Å². The highest BCUT2D eigenvalue weighted by Gasteiger charge is 2.32. The molecule has 1 aromatic heterocycles. The molecule has 1 aliphatic heterocycles. The molecule has 2 aromatic rings. The Morgan fingerprint density at radius 1 is 1.46 bits per heavy atom. The van der Waals surface area contributed by atoms with Gasteiger partial charge in [-0.1, -0.05) is 29.7 Å². The van der Waals surface area contributed by atoms with Crippen molar-refractivity contribution in [2.75, 3.05) is 20.3 Å². The molecule has 3 atom stereocenters. The fraction of sp³-hybridized carbons (Fsp3) is 0.474. The van der Waals surface area contributed by atoms with Crippen LogP contribution < -0.4 is 16.5 Å². The number of aromatic nitrogens is 2.